The third kappa shape index (κ3) is 4.13. The zero-order valence-corrected chi connectivity index (χ0v) is 11.8. The lowest BCUT2D eigenvalue weighted by atomic mass is 10.0. The van der Waals surface area contributed by atoms with E-state index in [1.54, 1.807) is 0 Å². The lowest BCUT2D eigenvalue weighted by Crippen LogP contribution is -2.21. The van der Waals surface area contributed by atoms with E-state index in [0.29, 0.717) is 12.8 Å². The topological polar surface area (TPSA) is 57.0 Å². The van der Waals surface area contributed by atoms with Crippen molar-refractivity contribution in [2.24, 2.45) is 0 Å². The minimum absolute atomic E-state index is 0.226. The van der Waals surface area contributed by atoms with E-state index in [-0.39, 0.29) is 17.9 Å². The van der Waals surface area contributed by atoms with Gasteiger partial charge in [-0.05, 0) is 39.5 Å². The Labute approximate surface area is 114 Å². The van der Waals surface area contributed by atoms with Crippen LogP contribution in [0.25, 0.3) is 0 Å². The maximum absolute atomic E-state index is 12.0. The van der Waals surface area contributed by atoms with Gasteiger partial charge in [0.25, 0.3) is 0 Å². The van der Waals surface area contributed by atoms with Crippen LogP contribution in [0.1, 0.15) is 57.8 Å². The van der Waals surface area contributed by atoms with Gasteiger partial charge in [0.2, 0.25) is 0 Å². The molecule has 0 aliphatic carbocycles. The molecule has 1 aromatic heterocycles. The van der Waals surface area contributed by atoms with Crippen molar-refractivity contribution in [3.8, 4) is 0 Å². The molecule has 2 heterocycles. The van der Waals surface area contributed by atoms with E-state index >= 15 is 0 Å². The normalized spacial score (nSPS) is 19.8. The van der Waals surface area contributed by atoms with Crippen LogP contribution in [0.2, 0.25) is 0 Å². The second-order valence-electron chi connectivity index (χ2n) is 5.46. The Morgan fingerprint density at radius 3 is 3.05 bits per heavy atom. The lowest BCUT2D eigenvalue weighted by molar-refractivity contribution is -0.119. The van der Waals surface area contributed by atoms with Crippen molar-refractivity contribution in [1.29, 1.82) is 0 Å². The molecule has 106 valence electrons. The largest absolute Gasteiger partial charge is 0.378 e. The predicted octanol–water partition coefficient (Wildman–Crippen LogP) is 2.32. The van der Waals surface area contributed by atoms with Gasteiger partial charge in [-0.1, -0.05) is 0 Å². The van der Waals surface area contributed by atoms with Gasteiger partial charge in [0.15, 0.2) is 0 Å². The summed E-state index contributed by atoms with van der Waals surface area (Å²) in [6.07, 6.45) is 7.07. The standard InChI is InChI=1S/C14H23N3O2/c1-11(2)17-14(15-10-16-17)9-12(18)6-7-13-5-3-4-8-19-13/h10-11,13H,3-9H2,1-2H3. The Kier molecular flexibility index (Phi) is 5.07. The Balaban J connectivity index is 1.78. The smallest absolute Gasteiger partial charge is 0.140 e. The maximum Gasteiger partial charge on any atom is 0.140 e. The fourth-order valence-corrected chi connectivity index (χ4v) is 2.45. The van der Waals surface area contributed by atoms with Crippen molar-refractivity contribution in [3.05, 3.63) is 12.2 Å². The molecule has 1 atom stereocenters. The molecule has 1 aromatic rings. The number of ketones is 1. The predicted molar refractivity (Wildman–Crippen MR) is 71.9 cm³/mol. The Morgan fingerprint density at radius 2 is 2.37 bits per heavy atom. The fourth-order valence-electron chi connectivity index (χ4n) is 2.45. The molecule has 1 fully saturated rings. The van der Waals surface area contributed by atoms with Gasteiger partial charge in [-0.3, -0.25) is 4.79 Å². The summed E-state index contributed by atoms with van der Waals surface area (Å²) in [5, 5.41) is 4.15. The number of Topliss-reactive ketones (excluding diaryl/α,β-unsaturated/α-hetero) is 1. The Morgan fingerprint density at radius 1 is 1.53 bits per heavy atom. The van der Waals surface area contributed by atoms with Crippen LogP contribution in [0, 0.1) is 0 Å². The Hall–Kier alpha value is -1.23. The average molecular weight is 265 g/mol. The van der Waals surface area contributed by atoms with Gasteiger partial charge in [0.1, 0.15) is 17.9 Å². The van der Waals surface area contributed by atoms with Gasteiger partial charge in [0.05, 0.1) is 12.5 Å². The first-order valence-corrected chi connectivity index (χ1v) is 7.18. The molecule has 5 nitrogen and oxygen atoms in total. The monoisotopic (exact) mass is 265 g/mol. The molecule has 0 radical (unpaired) electrons. The highest BCUT2D eigenvalue weighted by Gasteiger charge is 2.17. The second-order valence-corrected chi connectivity index (χ2v) is 5.46. The van der Waals surface area contributed by atoms with Crippen molar-refractivity contribution < 1.29 is 9.53 Å². The number of ether oxygens (including phenoxy) is 1. The second kappa shape index (κ2) is 6.80. The van der Waals surface area contributed by atoms with Gasteiger partial charge >= 0.3 is 0 Å². The summed E-state index contributed by atoms with van der Waals surface area (Å²) in [5.41, 5.74) is 0. The van der Waals surface area contributed by atoms with E-state index in [0.717, 1.165) is 31.7 Å². The zero-order chi connectivity index (χ0) is 13.7. The highest BCUT2D eigenvalue weighted by molar-refractivity contribution is 5.80. The summed E-state index contributed by atoms with van der Waals surface area (Å²) in [6.45, 7) is 4.93. The van der Waals surface area contributed by atoms with E-state index in [1.807, 2.05) is 18.5 Å². The quantitative estimate of drug-likeness (QED) is 0.792. The SMILES string of the molecule is CC(C)n1ncnc1CC(=O)CCC1CCCCO1. The van der Waals surface area contributed by atoms with Crippen molar-refractivity contribution in [2.75, 3.05) is 6.61 Å². The van der Waals surface area contributed by atoms with Crippen molar-refractivity contribution >= 4 is 5.78 Å². The number of hydrogen-bond donors (Lipinski definition) is 0. The highest BCUT2D eigenvalue weighted by atomic mass is 16.5. The van der Waals surface area contributed by atoms with Gasteiger partial charge in [-0.25, -0.2) is 9.67 Å². The molecule has 0 bridgehead atoms. The van der Waals surface area contributed by atoms with Crippen LogP contribution in [0.15, 0.2) is 6.33 Å². The summed E-state index contributed by atoms with van der Waals surface area (Å²) in [4.78, 5) is 16.2. The minimum atomic E-state index is 0.226. The van der Waals surface area contributed by atoms with Gasteiger partial charge in [0, 0.05) is 19.1 Å². The molecule has 0 spiro atoms. The Bertz CT molecular complexity index is 409. The van der Waals surface area contributed by atoms with Crippen molar-refractivity contribution in [1.82, 2.24) is 14.8 Å². The first-order valence-electron chi connectivity index (χ1n) is 7.18. The highest BCUT2D eigenvalue weighted by Crippen LogP contribution is 2.17. The molecule has 1 unspecified atom stereocenters. The van der Waals surface area contributed by atoms with Crippen LogP contribution in [0.5, 0.6) is 0 Å². The number of rotatable bonds is 6. The van der Waals surface area contributed by atoms with Crippen LogP contribution in [-0.4, -0.2) is 33.3 Å². The maximum atomic E-state index is 12.0. The minimum Gasteiger partial charge on any atom is -0.378 e. The zero-order valence-electron chi connectivity index (χ0n) is 11.8. The number of nitrogens with zero attached hydrogens (tertiary/aromatic N) is 3. The number of aromatic nitrogens is 3. The van der Waals surface area contributed by atoms with Gasteiger partial charge in [-0.2, -0.15) is 5.10 Å². The molecule has 2 rings (SSSR count). The molecule has 0 saturated carbocycles. The molecule has 0 amide bonds. The summed E-state index contributed by atoms with van der Waals surface area (Å²) in [5.74, 6) is 0.994. The molecule has 5 heteroatoms. The van der Waals surface area contributed by atoms with E-state index < -0.39 is 0 Å². The molecule has 1 saturated heterocycles. The molecular formula is C14H23N3O2. The lowest BCUT2D eigenvalue weighted by Gasteiger charge is -2.22. The number of carbonyl (C=O) groups excluding carboxylic acids is 1. The van der Waals surface area contributed by atoms with Crippen LogP contribution in [0.3, 0.4) is 0 Å². The van der Waals surface area contributed by atoms with E-state index in [9.17, 15) is 4.79 Å². The summed E-state index contributed by atoms with van der Waals surface area (Å²) in [7, 11) is 0. The van der Waals surface area contributed by atoms with Gasteiger partial charge < -0.3 is 4.74 Å². The third-order valence-electron chi connectivity index (χ3n) is 3.51. The fraction of sp³-hybridized carbons (Fsp3) is 0.786. The first-order chi connectivity index (χ1) is 9.16. The van der Waals surface area contributed by atoms with Crippen molar-refractivity contribution in [3.63, 3.8) is 0 Å². The molecule has 1 aliphatic heterocycles. The van der Waals surface area contributed by atoms with Crippen LogP contribution < -0.4 is 0 Å². The summed E-state index contributed by atoms with van der Waals surface area (Å²) >= 11 is 0. The number of hydrogen-bond acceptors (Lipinski definition) is 4. The average Bonchev–Trinajstić information content (AvgIpc) is 2.86. The third-order valence-corrected chi connectivity index (χ3v) is 3.51. The van der Waals surface area contributed by atoms with Crippen LogP contribution >= 0.6 is 0 Å². The van der Waals surface area contributed by atoms with E-state index in [1.165, 1.54) is 12.7 Å². The molecule has 0 N–H and O–H groups in total. The summed E-state index contributed by atoms with van der Waals surface area (Å²) < 4.78 is 7.45. The van der Waals surface area contributed by atoms with Crippen LogP contribution in [-0.2, 0) is 16.0 Å². The molecular weight excluding hydrogens is 242 g/mol. The van der Waals surface area contributed by atoms with Gasteiger partial charge in [-0.15, -0.1) is 0 Å². The summed E-state index contributed by atoms with van der Waals surface area (Å²) in [6, 6.07) is 0.243. The first kappa shape index (κ1) is 14.2. The van der Waals surface area contributed by atoms with Crippen LogP contribution in [0.4, 0.5) is 0 Å². The number of carbonyl (C=O) groups is 1. The van der Waals surface area contributed by atoms with E-state index in [2.05, 4.69) is 10.1 Å². The van der Waals surface area contributed by atoms with E-state index in [4.69, 9.17) is 4.74 Å². The molecule has 0 aromatic carbocycles. The molecule has 1 aliphatic rings. The molecule has 19 heavy (non-hydrogen) atoms. The van der Waals surface area contributed by atoms with Crippen molar-refractivity contribution in [2.45, 2.75) is 64.5 Å².